The quantitative estimate of drug-likeness (QED) is 0.630. The number of nitrogens with zero attached hydrogens (tertiary/aromatic N) is 7. The van der Waals surface area contributed by atoms with Crippen LogP contribution in [0.2, 0.25) is 0 Å². The Kier molecular flexibility index (Phi) is 5.26. The summed E-state index contributed by atoms with van der Waals surface area (Å²) >= 11 is 0. The van der Waals surface area contributed by atoms with Gasteiger partial charge in [-0.05, 0) is 49.7 Å². The fourth-order valence-electron chi connectivity index (χ4n) is 6.76. The van der Waals surface area contributed by atoms with E-state index in [-0.39, 0.29) is 22.2 Å². The molecule has 4 aliphatic rings. The summed E-state index contributed by atoms with van der Waals surface area (Å²) in [5, 5.41) is 9.40. The Bertz CT molecular complexity index is 1230. The maximum absolute atomic E-state index is 12.8. The molecule has 0 radical (unpaired) electrons. The predicted octanol–water partition coefficient (Wildman–Crippen LogP) is 4.18. The zero-order valence-electron chi connectivity index (χ0n) is 21.6. The molecule has 1 aliphatic carbocycles. The van der Waals surface area contributed by atoms with Crippen LogP contribution in [-0.4, -0.2) is 58.5 Å². The summed E-state index contributed by atoms with van der Waals surface area (Å²) in [4.78, 5) is 33.8. The molecule has 0 unspecified atom stereocenters. The minimum absolute atomic E-state index is 0.0640. The Morgan fingerprint density at radius 3 is 2.39 bits per heavy atom. The van der Waals surface area contributed by atoms with Crippen LogP contribution in [0.1, 0.15) is 70.4 Å². The molecule has 2 saturated heterocycles. The predicted molar refractivity (Wildman–Crippen MR) is 138 cm³/mol. The first-order valence-electron chi connectivity index (χ1n) is 13.3. The number of amides is 1. The monoisotopic (exact) mass is 485 g/mol. The normalized spacial score (nSPS) is 22.0. The van der Waals surface area contributed by atoms with Crippen LogP contribution in [0.15, 0.2) is 24.7 Å². The highest BCUT2D eigenvalue weighted by molar-refractivity contribution is 5.81. The van der Waals surface area contributed by atoms with Crippen LogP contribution in [-0.2, 0) is 10.2 Å². The lowest BCUT2D eigenvalue weighted by molar-refractivity contribution is -0.141. The average molecular weight is 486 g/mol. The number of likely N-dealkylation sites (tertiary alicyclic amines) is 1. The second kappa shape index (κ2) is 8.16. The summed E-state index contributed by atoms with van der Waals surface area (Å²) in [6.45, 7) is 10.6. The van der Waals surface area contributed by atoms with E-state index in [0.29, 0.717) is 5.56 Å². The molecular weight excluding hydrogens is 450 g/mol. The third-order valence-corrected chi connectivity index (χ3v) is 9.01. The number of aromatic nitrogens is 3. The lowest BCUT2D eigenvalue weighted by atomic mass is 9.66. The number of hydrogen-bond acceptors (Lipinski definition) is 7. The van der Waals surface area contributed by atoms with Crippen LogP contribution in [0.25, 0.3) is 0 Å². The van der Waals surface area contributed by atoms with E-state index in [2.05, 4.69) is 25.8 Å². The van der Waals surface area contributed by atoms with Gasteiger partial charge in [-0.25, -0.2) is 15.0 Å². The molecule has 36 heavy (non-hydrogen) atoms. The van der Waals surface area contributed by atoms with Crippen LogP contribution in [0.3, 0.4) is 0 Å². The second-order valence-electron chi connectivity index (χ2n) is 12.3. The summed E-state index contributed by atoms with van der Waals surface area (Å²) in [6.07, 6.45) is 10.2. The number of nitriles is 1. The van der Waals surface area contributed by atoms with E-state index in [1.54, 1.807) is 18.6 Å². The zero-order chi connectivity index (χ0) is 25.1. The van der Waals surface area contributed by atoms with Crippen molar-refractivity contribution < 1.29 is 4.79 Å². The molecule has 2 aromatic heterocycles. The molecule has 2 spiro atoms. The van der Waals surface area contributed by atoms with Gasteiger partial charge >= 0.3 is 0 Å². The lowest BCUT2D eigenvalue weighted by Crippen LogP contribution is -2.48. The highest BCUT2D eigenvalue weighted by Crippen LogP contribution is 2.57. The number of anilines is 3. The van der Waals surface area contributed by atoms with Crippen molar-refractivity contribution >= 4 is 23.4 Å². The first-order chi connectivity index (χ1) is 17.2. The van der Waals surface area contributed by atoms with Gasteiger partial charge in [0.15, 0.2) is 0 Å². The van der Waals surface area contributed by atoms with Crippen LogP contribution >= 0.6 is 0 Å². The summed E-state index contributed by atoms with van der Waals surface area (Å²) in [6, 6.07) is 5.85. The highest BCUT2D eigenvalue weighted by Gasteiger charge is 2.52. The molecule has 0 N–H and O–H groups in total. The van der Waals surface area contributed by atoms with E-state index in [4.69, 9.17) is 9.97 Å². The minimum Gasteiger partial charge on any atom is -0.356 e. The van der Waals surface area contributed by atoms with Crippen molar-refractivity contribution in [3.05, 3.63) is 35.8 Å². The van der Waals surface area contributed by atoms with Gasteiger partial charge in [-0.1, -0.05) is 27.2 Å². The number of fused-ring (bicyclic) bond motifs is 2. The summed E-state index contributed by atoms with van der Waals surface area (Å²) in [7, 11) is 0. The molecule has 3 aliphatic heterocycles. The van der Waals surface area contributed by atoms with E-state index >= 15 is 0 Å². The molecule has 0 atom stereocenters. The number of carbonyl (C=O) groups excluding carboxylic acids is 1. The summed E-state index contributed by atoms with van der Waals surface area (Å²) in [5.41, 5.74) is 1.88. The van der Waals surface area contributed by atoms with Gasteiger partial charge in [0.25, 0.3) is 0 Å². The summed E-state index contributed by atoms with van der Waals surface area (Å²) < 4.78 is 0. The van der Waals surface area contributed by atoms with Crippen LogP contribution in [0, 0.1) is 22.2 Å². The van der Waals surface area contributed by atoms with Crippen LogP contribution in [0.5, 0.6) is 0 Å². The van der Waals surface area contributed by atoms with Crippen molar-refractivity contribution in [1.29, 1.82) is 5.26 Å². The Morgan fingerprint density at radius 1 is 1.00 bits per heavy atom. The van der Waals surface area contributed by atoms with Crippen molar-refractivity contribution in [1.82, 2.24) is 19.9 Å². The molecule has 8 nitrogen and oxygen atoms in total. The molecule has 1 amide bonds. The Labute approximate surface area is 213 Å². The van der Waals surface area contributed by atoms with Crippen LogP contribution in [0.4, 0.5) is 17.5 Å². The number of carbonyl (C=O) groups is 1. The molecule has 0 aromatic carbocycles. The molecular formula is C28H35N7O. The average Bonchev–Trinajstić information content (AvgIpc) is 3.43. The van der Waals surface area contributed by atoms with Crippen molar-refractivity contribution in [2.24, 2.45) is 10.8 Å². The molecule has 3 fully saturated rings. The number of pyridine rings is 1. The maximum atomic E-state index is 12.8. The lowest BCUT2D eigenvalue weighted by Gasteiger charge is -2.42. The largest absolute Gasteiger partial charge is 0.356 e. The Morgan fingerprint density at radius 2 is 1.72 bits per heavy atom. The third kappa shape index (κ3) is 3.63. The standard InChI is InChI=1S/C28H35N7O/c1-26(2,3)25(36)33-12-8-27(9-13-33)10-14-34(17-27)23-22-24(32-19-31-23)35(18-28(22)6-4-7-28)21-15-20(16-29)5-11-30-21/h5,11,15,19H,4,6-10,12-14,17-18H2,1-3H3. The first kappa shape index (κ1) is 23.2. The molecule has 1 saturated carbocycles. The molecule has 5 heterocycles. The second-order valence-corrected chi connectivity index (χ2v) is 12.3. The van der Waals surface area contributed by atoms with Gasteiger partial charge in [0.05, 0.1) is 11.6 Å². The number of hydrogen-bond donors (Lipinski definition) is 0. The molecule has 6 rings (SSSR count). The van der Waals surface area contributed by atoms with Gasteiger partial charge in [0.1, 0.15) is 23.8 Å². The van der Waals surface area contributed by atoms with E-state index in [0.717, 1.165) is 82.3 Å². The van der Waals surface area contributed by atoms with Crippen molar-refractivity contribution in [3.63, 3.8) is 0 Å². The first-order valence-corrected chi connectivity index (χ1v) is 13.3. The molecule has 2 aromatic rings. The van der Waals surface area contributed by atoms with Gasteiger partial charge < -0.3 is 14.7 Å². The fourth-order valence-corrected chi connectivity index (χ4v) is 6.76. The fraction of sp³-hybridized carbons (Fsp3) is 0.607. The van der Waals surface area contributed by atoms with Gasteiger partial charge in [-0.15, -0.1) is 0 Å². The third-order valence-electron chi connectivity index (χ3n) is 9.01. The van der Waals surface area contributed by atoms with Gasteiger partial charge in [0.2, 0.25) is 5.91 Å². The van der Waals surface area contributed by atoms with Crippen LogP contribution < -0.4 is 9.80 Å². The highest BCUT2D eigenvalue weighted by atomic mass is 16.2. The van der Waals surface area contributed by atoms with Crippen molar-refractivity contribution in [3.8, 4) is 6.07 Å². The van der Waals surface area contributed by atoms with Gasteiger partial charge in [-0.3, -0.25) is 4.79 Å². The van der Waals surface area contributed by atoms with Gasteiger partial charge in [-0.2, -0.15) is 5.26 Å². The smallest absolute Gasteiger partial charge is 0.227 e. The number of piperidine rings is 1. The van der Waals surface area contributed by atoms with E-state index in [9.17, 15) is 10.1 Å². The topological polar surface area (TPSA) is 89.3 Å². The van der Waals surface area contributed by atoms with E-state index < -0.39 is 0 Å². The zero-order valence-corrected chi connectivity index (χ0v) is 21.6. The van der Waals surface area contributed by atoms with Crippen molar-refractivity contribution in [2.45, 2.75) is 64.7 Å². The van der Waals surface area contributed by atoms with E-state index in [1.807, 2.05) is 26.8 Å². The molecule has 8 heteroatoms. The van der Waals surface area contributed by atoms with Crippen molar-refractivity contribution in [2.75, 3.05) is 42.5 Å². The Balaban J connectivity index is 1.27. The summed E-state index contributed by atoms with van der Waals surface area (Å²) in [5.74, 6) is 3.09. The SMILES string of the molecule is CC(C)(C)C(=O)N1CCC2(CC1)CCN(c1ncnc3c1C1(CCC1)CN3c1cc(C#N)ccn1)C2. The number of rotatable bonds is 2. The Hall–Kier alpha value is -3.21. The molecule has 188 valence electrons. The van der Waals surface area contributed by atoms with Gasteiger partial charge in [0, 0.05) is 55.3 Å². The minimum atomic E-state index is -0.321. The maximum Gasteiger partial charge on any atom is 0.227 e. The van der Waals surface area contributed by atoms with E-state index in [1.165, 1.54) is 12.0 Å². The molecule has 0 bridgehead atoms.